The smallest absolute Gasteiger partial charge is 0.387 e. The molecule has 4 rings (SSSR count). The summed E-state index contributed by atoms with van der Waals surface area (Å²) in [4.78, 5) is 0. The van der Waals surface area contributed by atoms with Crippen LogP contribution in [0.2, 0.25) is 0 Å². The van der Waals surface area contributed by atoms with Crippen LogP contribution in [-0.2, 0) is 15.9 Å². The maximum atomic E-state index is 13.9. The molecular formula is C24H33F3O3. The van der Waals surface area contributed by atoms with Gasteiger partial charge in [0.2, 0.25) is 0 Å². The Hall–Kier alpha value is -1.27. The van der Waals surface area contributed by atoms with E-state index in [1.165, 1.54) is 37.8 Å². The van der Waals surface area contributed by atoms with E-state index in [9.17, 15) is 13.2 Å². The number of alkyl halides is 2. The van der Waals surface area contributed by atoms with Crippen molar-refractivity contribution in [1.29, 1.82) is 0 Å². The standard InChI is InChI=1S/C24H33F3O3/c25-21-13-17(9-12-22(21)30-24(26)27)6-5-16-7-10-19(11-8-16)23-28-14-20(15-29-23)18-3-1-2-4-18/h9,12-13,16,18-20,23-24H,1-8,10-11,14-15H2. The quantitative estimate of drug-likeness (QED) is 0.509. The number of hydrogen-bond acceptors (Lipinski definition) is 3. The Morgan fingerprint density at radius 2 is 1.60 bits per heavy atom. The molecule has 1 aliphatic heterocycles. The molecule has 2 saturated carbocycles. The molecule has 168 valence electrons. The summed E-state index contributed by atoms with van der Waals surface area (Å²) in [6.07, 6.45) is 11.6. The van der Waals surface area contributed by atoms with E-state index in [-0.39, 0.29) is 6.29 Å². The summed E-state index contributed by atoms with van der Waals surface area (Å²) >= 11 is 0. The molecule has 0 bridgehead atoms. The SMILES string of the molecule is Fc1cc(CCC2CCC(C3OCC(C4CCCC4)CO3)CC2)ccc1OC(F)F. The highest BCUT2D eigenvalue weighted by Gasteiger charge is 2.35. The lowest BCUT2D eigenvalue weighted by atomic mass is 9.79. The second-order valence-corrected chi connectivity index (χ2v) is 9.30. The van der Waals surface area contributed by atoms with E-state index < -0.39 is 18.2 Å². The van der Waals surface area contributed by atoms with Crippen LogP contribution in [0.1, 0.15) is 63.4 Å². The van der Waals surface area contributed by atoms with Crippen molar-refractivity contribution >= 4 is 0 Å². The van der Waals surface area contributed by atoms with Gasteiger partial charge in [-0.15, -0.1) is 0 Å². The highest BCUT2D eigenvalue weighted by atomic mass is 19.3. The van der Waals surface area contributed by atoms with E-state index in [0.29, 0.717) is 17.8 Å². The number of benzene rings is 1. The van der Waals surface area contributed by atoms with E-state index in [1.54, 1.807) is 6.07 Å². The molecule has 1 aromatic carbocycles. The van der Waals surface area contributed by atoms with Gasteiger partial charge in [-0.1, -0.05) is 31.7 Å². The molecule has 0 radical (unpaired) electrons. The zero-order chi connectivity index (χ0) is 20.9. The van der Waals surface area contributed by atoms with Gasteiger partial charge < -0.3 is 14.2 Å². The van der Waals surface area contributed by atoms with Gasteiger partial charge in [-0.05, 0) is 68.1 Å². The average molecular weight is 427 g/mol. The molecule has 0 aromatic heterocycles. The first-order valence-corrected chi connectivity index (χ1v) is 11.5. The topological polar surface area (TPSA) is 27.7 Å². The first kappa shape index (κ1) is 21.9. The molecule has 0 N–H and O–H groups in total. The molecule has 2 aliphatic carbocycles. The maximum Gasteiger partial charge on any atom is 0.387 e. The zero-order valence-corrected chi connectivity index (χ0v) is 17.5. The molecule has 3 nitrogen and oxygen atoms in total. The summed E-state index contributed by atoms with van der Waals surface area (Å²) in [5.74, 6) is 1.35. The molecule has 0 atom stereocenters. The lowest BCUT2D eigenvalue weighted by molar-refractivity contribution is -0.235. The maximum absolute atomic E-state index is 13.9. The first-order chi connectivity index (χ1) is 14.6. The number of halogens is 3. The predicted octanol–water partition coefficient (Wildman–Crippen LogP) is 6.35. The Kier molecular flexibility index (Phi) is 7.58. The van der Waals surface area contributed by atoms with Crippen LogP contribution in [0.4, 0.5) is 13.2 Å². The largest absolute Gasteiger partial charge is 0.432 e. The van der Waals surface area contributed by atoms with Crippen molar-refractivity contribution in [1.82, 2.24) is 0 Å². The average Bonchev–Trinajstić information content (AvgIpc) is 3.29. The number of rotatable bonds is 7. The minimum absolute atomic E-state index is 0.0416. The molecule has 0 unspecified atom stereocenters. The van der Waals surface area contributed by atoms with Crippen LogP contribution in [0, 0.1) is 29.5 Å². The molecule has 6 heteroatoms. The van der Waals surface area contributed by atoms with E-state index in [1.807, 2.05) is 0 Å². The van der Waals surface area contributed by atoms with Gasteiger partial charge in [-0.2, -0.15) is 8.78 Å². The van der Waals surface area contributed by atoms with Crippen LogP contribution >= 0.6 is 0 Å². The third-order valence-corrected chi connectivity index (χ3v) is 7.35. The molecular weight excluding hydrogens is 393 g/mol. The van der Waals surface area contributed by atoms with Crippen molar-refractivity contribution in [3.05, 3.63) is 29.6 Å². The Labute approximate surface area is 177 Å². The van der Waals surface area contributed by atoms with Crippen molar-refractivity contribution in [2.75, 3.05) is 13.2 Å². The minimum Gasteiger partial charge on any atom is -0.432 e. The molecule has 30 heavy (non-hydrogen) atoms. The Balaban J connectivity index is 1.17. The molecule has 1 heterocycles. The van der Waals surface area contributed by atoms with Crippen molar-refractivity contribution in [3.63, 3.8) is 0 Å². The van der Waals surface area contributed by atoms with Gasteiger partial charge in [0.15, 0.2) is 17.9 Å². The molecule has 3 fully saturated rings. The minimum atomic E-state index is -3.01. The summed E-state index contributed by atoms with van der Waals surface area (Å²) in [7, 11) is 0. The molecule has 0 amide bonds. The summed E-state index contributed by atoms with van der Waals surface area (Å²) in [6.45, 7) is -1.30. The number of ether oxygens (including phenoxy) is 3. The molecule has 0 spiro atoms. The van der Waals surface area contributed by atoms with Gasteiger partial charge in [-0.25, -0.2) is 4.39 Å². The normalized spacial score (nSPS) is 30.7. The van der Waals surface area contributed by atoms with Gasteiger partial charge in [0.1, 0.15) is 0 Å². The molecule has 1 aromatic rings. The fourth-order valence-electron chi connectivity index (χ4n) is 5.52. The van der Waals surface area contributed by atoms with Crippen molar-refractivity contribution in [2.45, 2.75) is 77.1 Å². The summed E-state index contributed by atoms with van der Waals surface area (Å²) in [5.41, 5.74) is 0.827. The van der Waals surface area contributed by atoms with Crippen molar-refractivity contribution < 1.29 is 27.4 Å². The van der Waals surface area contributed by atoms with Crippen LogP contribution in [0.15, 0.2) is 18.2 Å². The van der Waals surface area contributed by atoms with E-state index in [0.717, 1.165) is 63.2 Å². The Bertz CT molecular complexity index is 662. The van der Waals surface area contributed by atoms with Crippen LogP contribution in [0.25, 0.3) is 0 Å². The van der Waals surface area contributed by atoms with Crippen LogP contribution < -0.4 is 4.74 Å². The van der Waals surface area contributed by atoms with E-state index in [2.05, 4.69) is 4.74 Å². The fraction of sp³-hybridized carbons (Fsp3) is 0.750. The molecule has 3 aliphatic rings. The lowest BCUT2D eigenvalue weighted by Gasteiger charge is -2.39. The second-order valence-electron chi connectivity index (χ2n) is 9.30. The summed E-state index contributed by atoms with van der Waals surface area (Å²) in [5, 5.41) is 0. The second kappa shape index (κ2) is 10.4. The highest BCUT2D eigenvalue weighted by Crippen LogP contribution is 2.38. The van der Waals surface area contributed by atoms with Gasteiger partial charge in [-0.3, -0.25) is 0 Å². The monoisotopic (exact) mass is 426 g/mol. The van der Waals surface area contributed by atoms with Crippen LogP contribution in [0.5, 0.6) is 5.75 Å². The first-order valence-electron chi connectivity index (χ1n) is 11.5. The van der Waals surface area contributed by atoms with Crippen molar-refractivity contribution in [2.24, 2.45) is 23.7 Å². The van der Waals surface area contributed by atoms with Crippen LogP contribution in [-0.4, -0.2) is 26.1 Å². The van der Waals surface area contributed by atoms with E-state index >= 15 is 0 Å². The van der Waals surface area contributed by atoms with Gasteiger partial charge >= 0.3 is 6.61 Å². The van der Waals surface area contributed by atoms with Gasteiger partial charge in [0.25, 0.3) is 0 Å². The predicted molar refractivity (Wildman–Crippen MR) is 108 cm³/mol. The zero-order valence-electron chi connectivity index (χ0n) is 17.5. The third-order valence-electron chi connectivity index (χ3n) is 7.35. The number of aryl methyl sites for hydroxylation is 1. The van der Waals surface area contributed by atoms with Crippen molar-refractivity contribution in [3.8, 4) is 5.75 Å². The highest BCUT2D eigenvalue weighted by molar-refractivity contribution is 5.29. The van der Waals surface area contributed by atoms with Gasteiger partial charge in [0.05, 0.1) is 13.2 Å². The summed E-state index contributed by atoms with van der Waals surface area (Å²) < 4.78 is 54.8. The Morgan fingerprint density at radius 3 is 2.23 bits per heavy atom. The Morgan fingerprint density at radius 1 is 0.900 bits per heavy atom. The van der Waals surface area contributed by atoms with Crippen LogP contribution in [0.3, 0.4) is 0 Å². The number of hydrogen-bond donors (Lipinski definition) is 0. The third kappa shape index (κ3) is 5.70. The van der Waals surface area contributed by atoms with E-state index in [4.69, 9.17) is 9.47 Å². The lowest BCUT2D eigenvalue weighted by Crippen LogP contribution is -2.40. The molecule has 1 saturated heterocycles. The van der Waals surface area contributed by atoms with Gasteiger partial charge in [0, 0.05) is 11.8 Å². The fourth-order valence-corrected chi connectivity index (χ4v) is 5.52. The summed E-state index contributed by atoms with van der Waals surface area (Å²) in [6, 6.07) is 4.29.